The first kappa shape index (κ1) is 23.8. The van der Waals surface area contributed by atoms with E-state index in [-0.39, 0.29) is 23.7 Å². The Bertz CT molecular complexity index is 1140. The Morgan fingerprint density at radius 1 is 1.21 bits per heavy atom. The molecule has 0 saturated heterocycles. The molecule has 1 aromatic carbocycles. The summed E-state index contributed by atoms with van der Waals surface area (Å²) in [6, 6.07) is 6.79. The average Bonchev–Trinajstić information content (AvgIpc) is 2.77. The second-order valence-corrected chi connectivity index (χ2v) is 7.25. The smallest absolute Gasteiger partial charge is 0.338 e. The van der Waals surface area contributed by atoms with E-state index in [1.807, 2.05) is 0 Å². The minimum Gasteiger partial charge on any atom is -0.493 e. The van der Waals surface area contributed by atoms with Gasteiger partial charge in [-0.05, 0) is 55.3 Å². The Morgan fingerprint density at radius 3 is 2.70 bits per heavy atom. The number of aromatic nitrogens is 1. The lowest BCUT2D eigenvalue weighted by Gasteiger charge is -2.28. The molecule has 33 heavy (non-hydrogen) atoms. The quantitative estimate of drug-likeness (QED) is 0.274. The van der Waals surface area contributed by atoms with Gasteiger partial charge >= 0.3 is 18.0 Å². The van der Waals surface area contributed by atoms with Gasteiger partial charge in [0.2, 0.25) is 0 Å². The van der Waals surface area contributed by atoms with E-state index in [0.29, 0.717) is 22.0 Å². The average molecular weight is 472 g/mol. The van der Waals surface area contributed by atoms with Gasteiger partial charge < -0.3 is 24.8 Å². The number of ether oxygens (including phenoxy) is 3. The molecule has 1 atom stereocenters. The summed E-state index contributed by atoms with van der Waals surface area (Å²) in [6.07, 6.45) is 4.31. The zero-order valence-electron chi connectivity index (χ0n) is 18.2. The van der Waals surface area contributed by atoms with E-state index < -0.39 is 24.0 Å². The van der Waals surface area contributed by atoms with Crippen LogP contribution in [-0.4, -0.2) is 36.7 Å². The highest BCUT2D eigenvalue weighted by atomic mass is 35.5. The number of esters is 2. The van der Waals surface area contributed by atoms with Crippen LogP contribution in [0.2, 0.25) is 5.15 Å². The second kappa shape index (κ2) is 10.6. The number of amides is 2. The molecule has 9 nitrogen and oxygen atoms in total. The maximum absolute atomic E-state index is 12.5. The van der Waals surface area contributed by atoms with Crippen molar-refractivity contribution in [2.75, 3.05) is 13.7 Å². The zero-order chi connectivity index (χ0) is 24.0. The summed E-state index contributed by atoms with van der Waals surface area (Å²) < 4.78 is 15.9. The number of nitrogens with zero attached hydrogens (tertiary/aromatic N) is 1. The van der Waals surface area contributed by atoms with Gasteiger partial charge in [0.25, 0.3) is 0 Å². The van der Waals surface area contributed by atoms with Crippen LogP contribution in [0.25, 0.3) is 6.08 Å². The monoisotopic (exact) mass is 471 g/mol. The van der Waals surface area contributed by atoms with Crippen LogP contribution in [0, 0.1) is 0 Å². The molecule has 0 fully saturated rings. The van der Waals surface area contributed by atoms with Crippen molar-refractivity contribution in [3.63, 3.8) is 0 Å². The summed E-state index contributed by atoms with van der Waals surface area (Å²) in [6.45, 7) is 3.50. The fourth-order valence-electron chi connectivity index (χ4n) is 3.20. The molecule has 1 aromatic heterocycles. The summed E-state index contributed by atoms with van der Waals surface area (Å²) in [5.41, 5.74) is 1.88. The van der Waals surface area contributed by atoms with Gasteiger partial charge in [-0.2, -0.15) is 0 Å². The van der Waals surface area contributed by atoms with E-state index >= 15 is 0 Å². The first-order chi connectivity index (χ1) is 15.8. The second-order valence-electron chi connectivity index (χ2n) is 6.87. The van der Waals surface area contributed by atoms with Gasteiger partial charge in [-0.15, -0.1) is 0 Å². The summed E-state index contributed by atoms with van der Waals surface area (Å²) in [4.78, 5) is 40.7. The Hall–Kier alpha value is -3.85. The third-order valence-corrected chi connectivity index (χ3v) is 4.87. The minimum atomic E-state index is -0.771. The predicted molar refractivity (Wildman–Crippen MR) is 121 cm³/mol. The van der Waals surface area contributed by atoms with Crippen molar-refractivity contribution < 1.29 is 28.6 Å². The molecule has 1 aliphatic heterocycles. The Kier molecular flexibility index (Phi) is 7.68. The van der Waals surface area contributed by atoms with Crippen LogP contribution >= 0.6 is 11.6 Å². The molecule has 3 rings (SSSR count). The number of urea groups is 1. The topological polar surface area (TPSA) is 116 Å². The first-order valence-electron chi connectivity index (χ1n) is 9.97. The third kappa shape index (κ3) is 5.89. The van der Waals surface area contributed by atoms with E-state index in [1.165, 1.54) is 25.4 Å². The summed E-state index contributed by atoms with van der Waals surface area (Å²) in [5, 5.41) is 5.59. The molecule has 0 radical (unpaired) electrons. The Balaban J connectivity index is 1.84. The molecule has 0 aliphatic carbocycles. The number of benzene rings is 1. The fraction of sp³-hybridized carbons (Fsp3) is 0.217. The number of nitrogens with one attached hydrogen (secondary N) is 2. The molecular formula is C23H22ClN3O6. The first-order valence-corrected chi connectivity index (χ1v) is 10.3. The molecule has 172 valence electrons. The molecule has 0 bridgehead atoms. The van der Waals surface area contributed by atoms with Crippen LogP contribution < -0.4 is 20.1 Å². The number of rotatable bonds is 7. The summed E-state index contributed by atoms with van der Waals surface area (Å²) in [5.74, 6) is -0.771. The minimum absolute atomic E-state index is 0.169. The van der Waals surface area contributed by atoms with Crippen molar-refractivity contribution in [2.24, 2.45) is 0 Å². The van der Waals surface area contributed by atoms with Crippen LogP contribution in [0.3, 0.4) is 0 Å². The highest BCUT2D eigenvalue weighted by Gasteiger charge is 2.32. The van der Waals surface area contributed by atoms with Crippen LogP contribution in [0.1, 0.15) is 31.0 Å². The largest absolute Gasteiger partial charge is 0.493 e. The molecule has 2 heterocycles. The molecule has 2 aromatic rings. The third-order valence-electron chi connectivity index (χ3n) is 4.66. The van der Waals surface area contributed by atoms with E-state index in [0.717, 1.165) is 0 Å². The van der Waals surface area contributed by atoms with Gasteiger partial charge in [0.05, 0.1) is 25.3 Å². The van der Waals surface area contributed by atoms with Crippen LogP contribution in [0.5, 0.6) is 11.5 Å². The molecule has 1 aliphatic rings. The number of halogens is 1. The van der Waals surface area contributed by atoms with Crippen molar-refractivity contribution >= 4 is 35.6 Å². The summed E-state index contributed by atoms with van der Waals surface area (Å²) in [7, 11) is 1.42. The molecule has 2 amide bonds. The van der Waals surface area contributed by atoms with E-state index in [4.69, 9.17) is 25.8 Å². The molecule has 0 saturated carbocycles. The number of allylic oxidation sites excluding steroid dienone is 1. The van der Waals surface area contributed by atoms with E-state index in [2.05, 4.69) is 15.6 Å². The van der Waals surface area contributed by atoms with Gasteiger partial charge in [-0.25, -0.2) is 19.4 Å². The molecule has 2 N–H and O–H groups in total. The number of carbonyl (C=O) groups is 3. The lowest BCUT2D eigenvalue weighted by Crippen LogP contribution is -2.45. The number of pyridine rings is 1. The van der Waals surface area contributed by atoms with Gasteiger partial charge in [0.1, 0.15) is 5.15 Å². The van der Waals surface area contributed by atoms with E-state index in [1.54, 1.807) is 44.2 Å². The molecule has 10 heteroatoms. The van der Waals surface area contributed by atoms with Gasteiger partial charge in [-0.1, -0.05) is 17.7 Å². The Morgan fingerprint density at radius 2 is 2.00 bits per heavy atom. The van der Waals surface area contributed by atoms with Crippen LogP contribution in [-0.2, 0) is 14.3 Å². The fourth-order valence-corrected chi connectivity index (χ4v) is 3.38. The maximum Gasteiger partial charge on any atom is 0.338 e. The van der Waals surface area contributed by atoms with E-state index in [9.17, 15) is 14.4 Å². The summed E-state index contributed by atoms with van der Waals surface area (Å²) >= 11 is 5.83. The maximum atomic E-state index is 12.5. The highest BCUT2D eigenvalue weighted by Crippen LogP contribution is 2.34. The standard InChI is InChI=1S/C23H22ClN3O6/c1-4-32-22(29)20-13(2)26-23(30)27-21(20)15-6-7-16(17(12-15)31-3)33-19(28)8-5-14-9-10-25-18(24)11-14/h5-12,21H,4H2,1-3H3,(H2,26,27,30)/b8-5+. The number of carbonyl (C=O) groups excluding carboxylic acids is 3. The van der Waals surface area contributed by atoms with Crippen molar-refractivity contribution in [2.45, 2.75) is 19.9 Å². The van der Waals surface area contributed by atoms with Crippen LogP contribution in [0.4, 0.5) is 4.79 Å². The zero-order valence-corrected chi connectivity index (χ0v) is 18.9. The normalized spacial score (nSPS) is 15.6. The van der Waals surface area contributed by atoms with Crippen molar-refractivity contribution in [1.82, 2.24) is 15.6 Å². The lowest BCUT2D eigenvalue weighted by atomic mass is 9.95. The molecular weight excluding hydrogens is 450 g/mol. The van der Waals surface area contributed by atoms with Crippen LogP contribution in [0.15, 0.2) is 53.9 Å². The SMILES string of the molecule is CCOC(=O)C1=C(C)NC(=O)NC1c1ccc(OC(=O)/C=C/c2ccnc(Cl)c2)c(OC)c1. The Labute approximate surface area is 195 Å². The highest BCUT2D eigenvalue weighted by molar-refractivity contribution is 6.29. The molecule has 1 unspecified atom stereocenters. The number of hydrogen-bond acceptors (Lipinski definition) is 7. The predicted octanol–water partition coefficient (Wildman–Crippen LogP) is 3.55. The van der Waals surface area contributed by atoms with Gasteiger partial charge in [0, 0.05) is 18.0 Å². The van der Waals surface area contributed by atoms with Crippen molar-refractivity contribution in [3.8, 4) is 11.5 Å². The number of hydrogen-bond donors (Lipinski definition) is 2. The number of methoxy groups -OCH3 is 1. The van der Waals surface area contributed by atoms with Gasteiger partial charge in [0.15, 0.2) is 11.5 Å². The molecule has 0 spiro atoms. The lowest BCUT2D eigenvalue weighted by molar-refractivity contribution is -0.139. The van der Waals surface area contributed by atoms with Crippen molar-refractivity contribution in [3.05, 3.63) is 70.2 Å². The van der Waals surface area contributed by atoms with Crippen molar-refractivity contribution in [1.29, 1.82) is 0 Å². The van der Waals surface area contributed by atoms with Gasteiger partial charge in [-0.3, -0.25) is 0 Å².